The van der Waals surface area contributed by atoms with Gasteiger partial charge >= 0.3 is 5.69 Å². The maximum atomic E-state index is 11.0. The first-order chi connectivity index (χ1) is 8.51. The maximum absolute atomic E-state index is 11.0. The third-order valence-corrected chi connectivity index (χ3v) is 3.53. The lowest BCUT2D eigenvalue weighted by Crippen LogP contribution is -2.34. The molecular weight excluding hydrogens is 238 g/mol. The fourth-order valence-electron chi connectivity index (χ4n) is 2.50. The second kappa shape index (κ2) is 3.76. The van der Waals surface area contributed by atoms with Gasteiger partial charge in [-0.05, 0) is 26.7 Å². The smallest absolute Gasteiger partial charge is 0.318 e. The summed E-state index contributed by atoms with van der Waals surface area (Å²) in [4.78, 5) is 10.6. The zero-order valence-corrected chi connectivity index (χ0v) is 10.3. The van der Waals surface area contributed by atoms with Crippen molar-refractivity contribution in [1.82, 2.24) is 10.2 Å². The Balaban J connectivity index is 1.92. The van der Waals surface area contributed by atoms with Crippen molar-refractivity contribution in [2.45, 2.75) is 51.1 Å². The summed E-state index contributed by atoms with van der Waals surface area (Å²) in [5.74, 6) is 0. The highest BCUT2D eigenvalue weighted by molar-refractivity contribution is 5.40. The van der Waals surface area contributed by atoms with Crippen LogP contribution in [0.1, 0.15) is 43.9 Å². The number of hydrogen-bond donors (Lipinski definition) is 1. The molecule has 2 aliphatic rings. The van der Waals surface area contributed by atoms with Crippen molar-refractivity contribution in [3.8, 4) is 0 Å². The quantitative estimate of drug-likeness (QED) is 0.642. The summed E-state index contributed by atoms with van der Waals surface area (Å²) in [6.07, 6.45) is 2.13. The van der Waals surface area contributed by atoms with Gasteiger partial charge < -0.3 is 9.47 Å². The molecule has 2 unspecified atom stereocenters. The van der Waals surface area contributed by atoms with Gasteiger partial charge in [0, 0.05) is 6.42 Å². The number of rotatable bonds is 2. The van der Waals surface area contributed by atoms with Gasteiger partial charge in [0.1, 0.15) is 5.69 Å². The number of aromatic amines is 1. The summed E-state index contributed by atoms with van der Waals surface area (Å²) in [6, 6.07) is 0. The molecule has 1 aromatic heterocycles. The molecule has 18 heavy (non-hydrogen) atoms. The van der Waals surface area contributed by atoms with E-state index in [9.17, 15) is 10.1 Å². The summed E-state index contributed by atoms with van der Waals surface area (Å²) in [7, 11) is 0. The van der Waals surface area contributed by atoms with Crippen LogP contribution in [0.15, 0.2) is 0 Å². The van der Waals surface area contributed by atoms with Gasteiger partial charge in [-0.2, -0.15) is 5.10 Å². The van der Waals surface area contributed by atoms with Gasteiger partial charge in [-0.1, -0.05) is 0 Å². The third-order valence-electron chi connectivity index (χ3n) is 3.53. The van der Waals surface area contributed by atoms with Gasteiger partial charge in [0.05, 0.1) is 16.6 Å². The van der Waals surface area contributed by atoms with Crippen LogP contribution in [0.4, 0.5) is 5.69 Å². The molecule has 1 aromatic rings. The highest BCUT2D eigenvalue weighted by atomic mass is 16.7. The molecule has 2 fully saturated rings. The van der Waals surface area contributed by atoms with Crippen LogP contribution in [0.5, 0.6) is 0 Å². The molecule has 1 N–H and O–H groups in total. The van der Waals surface area contributed by atoms with Crippen LogP contribution in [0.3, 0.4) is 0 Å². The van der Waals surface area contributed by atoms with E-state index in [-0.39, 0.29) is 23.1 Å². The average Bonchev–Trinajstić information content (AvgIpc) is 2.88. The standard InChI is InChI=1S/C11H15N3O4/c1-6-5-11(3-4-11)18-10(17-6)8-9(14(15)16)7(2)12-13-8/h6,10H,3-5H2,1-2H3,(H,12,13). The minimum Gasteiger partial charge on any atom is -0.344 e. The maximum Gasteiger partial charge on any atom is 0.318 e. The number of H-pyrrole nitrogens is 1. The molecule has 7 heteroatoms. The van der Waals surface area contributed by atoms with E-state index in [0.717, 1.165) is 19.3 Å². The first kappa shape index (κ1) is 11.6. The Morgan fingerprint density at radius 1 is 1.56 bits per heavy atom. The average molecular weight is 253 g/mol. The van der Waals surface area contributed by atoms with Crippen LogP contribution in [0.2, 0.25) is 0 Å². The van der Waals surface area contributed by atoms with Gasteiger partial charge in [-0.3, -0.25) is 15.2 Å². The molecule has 0 amide bonds. The normalized spacial score (nSPS) is 29.4. The molecule has 7 nitrogen and oxygen atoms in total. The second-order valence-corrected chi connectivity index (χ2v) is 5.12. The summed E-state index contributed by atoms with van der Waals surface area (Å²) in [5.41, 5.74) is 0.494. The number of hydrogen-bond acceptors (Lipinski definition) is 5. The lowest BCUT2D eigenvalue weighted by molar-refractivity contribution is -0.388. The Bertz CT molecular complexity index is 494. The SMILES string of the molecule is Cc1[nH]nc(C2OC(C)CC3(CC3)O2)c1[N+](=O)[O-]. The van der Waals surface area contributed by atoms with E-state index in [1.54, 1.807) is 6.92 Å². The molecule has 0 bridgehead atoms. The highest BCUT2D eigenvalue weighted by Gasteiger charge is 2.52. The van der Waals surface area contributed by atoms with E-state index in [2.05, 4.69) is 10.2 Å². The molecule has 1 aliphatic heterocycles. The highest BCUT2D eigenvalue weighted by Crippen LogP contribution is 2.51. The van der Waals surface area contributed by atoms with E-state index in [0.29, 0.717) is 5.69 Å². The van der Waals surface area contributed by atoms with Gasteiger partial charge in [-0.15, -0.1) is 0 Å². The molecule has 2 atom stereocenters. The first-order valence-electron chi connectivity index (χ1n) is 6.03. The van der Waals surface area contributed by atoms with Crippen LogP contribution in [0.25, 0.3) is 0 Å². The Morgan fingerprint density at radius 2 is 2.28 bits per heavy atom. The molecule has 2 heterocycles. The fourth-order valence-corrected chi connectivity index (χ4v) is 2.50. The van der Waals surface area contributed by atoms with Crippen LogP contribution in [-0.2, 0) is 9.47 Å². The summed E-state index contributed by atoms with van der Waals surface area (Å²) in [6.45, 7) is 3.58. The summed E-state index contributed by atoms with van der Waals surface area (Å²) < 4.78 is 11.5. The lowest BCUT2D eigenvalue weighted by Gasteiger charge is -2.33. The number of nitro groups is 1. The lowest BCUT2D eigenvalue weighted by atomic mass is 10.1. The van der Waals surface area contributed by atoms with E-state index < -0.39 is 11.2 Å². The van der Waals surface area contributed by atoms with E-state index >= 15 is 0 Å². The van der Waals surface area contributed by atoms with Crippen molar-refractivity contribution in [1.29, 1.82) is 0 Å². The molecule has 0 aromatic carbocycles. The second-order valence-electron chi connectivity index (χ2n) is 5.12. The molecular formula is C11H15N3O4. The molecule has 3 rings (SSSR count). The molecule has 0 radical (unpaired) electrons. The molecule has 1 saturated heterocycles. The Labute approximate surface area is 104 Å². The van der Waals surface area contributed by atoms with Gasteiger partial charge in [-0.25, -0.2) is 0 Å². The monoisotopic (exact) mass is 253 g/mol. The first-order valence-corrected chi connectivity index (χ1v) is 6.03. The zero-order chi connectivity index (χ0) is 12.9. The molecule has 1 aliphatic carbocycles. The molecule has 1 spiro atoms. The van der Waals surface area contributed by atoms with Crippen molar-refractivity contribution in [2.24, 2.45) is 0 Å². The van der Waals surface area contributed by atoms with Crippen molar-refractivity contribution < 1.29 is 14.4 Å². The largest absolute Gasteiger partial charge is 0.344 e. The predicted molar refractivity (Wildman–Crippen MR) is 60.9 cm³/mol. The van der Waals surface area contributed by atoms with Crippen LogP contribution in [-0.4, -0.2) is 26.8 Å². The van der Waals surface area contributed by atoms with Crippen LogP contribution < -0.4 is 0 Å². The van der Waals surface area contributed by atoms with E-state index in [1.807, 2.05) is 6.92 Å². The number of aryl methyl sites for hydroxylation is 1. The Kier molecular flexibility index (Phi) is 2.43. The van der Waals surface area contributed by atoms with Gasteiger partial charge in [0.25, 0.3) is 0 Å². The minimum atomic E-state index is -0.735. The Hall–Kier alpha value is -1.47. The van der Waals surface area contributed by atoms with Crippen molar-refractivity contribution in [3.05, 3.63) is 21.5 Å². The Morgan fingerprint density at radius 3 is 2.89 bits per heavy atom. The predicted octanol–water partition coefficient (Wildman–Crippen LogP) is 1.98. The molecule has 1 saturated carbocycles. The molecule has 98 valence electrons. The van der Waals surface area contributed by atoms with Gasteiger partial charge in [0.2, 0.25) is 6.29 Å². The van der Waals surface area contributed by atoms with Crippen LogP contribution >= 0.6 is 0 Å². The van der Waals surface area contributed by atoms with Crippen molar-refractivity contribution >= 4 is 5.69 Å². The van der Waals surface area contributed by atoms with Crippen LogP contribution in [0, 0.1) is 17.0 Å². The fraction of sp³-hybridized carbons (Fsp3) is 0.727. The number of nitrogens with one attached hydrogen (secondary N) is 1. The number of nitrogens with zero attached hydrogens (tertiary/aromatic N) is 2. The van der Waals surface area contributed by atoms with Crippen molar-refractivity contribution in [2.75, 3.05) is 0 Å². The topological polar surface area (TPSA) is 90.3 Å². The summed E-state index contributed by atoms with van der Waals surface area (Å²) in [5, 5.41) is 17.6. The van der Waals surface area contributed by atoms with E-state index in [1.165, 1.54) is 0 Å². The number of ether oxygens (including phenoxy) is 2. The van der Waals surface area contributed by atoms with Crippen molar-refractivity contribution in [3.63, 3.8) is 0 Å². The summed E-state index contributed by atoms with van der Waals surface area (Å²) >= 11 is 0. The third kappa shape index (κ3) is 1.79. The van der Waals surface area contributed by atoms with E-state index in [4.69, 9.17) is 9.47 Å². The zero-order valence-electron chi connectivity index (χ0n) is 10.3. The van der Waals surface area contributed by atoms with Gasteiger partial charge in [0.15, 0.2) is 5.69 Å². The minimum absolute atomic E-state index is 0.0304. The number of aromatic nitrogens is 2.